The molecule has 1 fully saturated rings. The minimum atomic E-state index is -0.110. The molecular weight excluding hydrogens is 384 g/mol. The van der Waals surface area contributed by atoms with E-state index >= 15 is 0 Å². The van der Waals surface area contributed by atoms with Gasteiger partial charge in [0.1, 0.15) is 11.9 Å². The van der Waals surface area contributed by atoms with Crippen LogP contribution >= 0.6 is 0 Å². The number of urea groups is 1. The second-order valence-electron chi connectivity index (χ2n) is 6.87. The minimum absolute atomic E-state index is 0.00406. The maximum atomic E-state index is 12.5. The van der Waals surface area contributed by atoms with Gasteiger partial charge in [-0.05, 0) is 43.3 Å². The first-order valence-corrected chi connectivity index (χ1v) is 10.0. The lowest BCUT2D eigenvalue weighted by Crippen LogP contribution is -2.43. The second-order valence-corrected chi connectivity index (χ2v) is 6.87. The molecule has 3 aromatic rings. The zero-order valence-electron chi connectivity index (χ0n) is 16.8. The van der Waals surface area contributed by atoms with E-state index in [4.69, 9.17) is 9.47 Å². The van der Waals surface area contributed by atoms with E-state index < -0.39 is 0 Å². The molecule has 0 aliphatic carbocycles. The van der Waals surface area contributed by atoms with Crippen LogP contribution in [0.5, 0.6) is 11.6 Å². The van der Waals surface area contributed by atoms with E-state index in [1.54, 1.807) is 28.0 Å². The SMILES string of the molecule is CCOc1ccc(NC(=O)N2CCC(Oc3ccc(-n4cccn4)nn3)CC2)cc1. The van der Waals surface area contributed by atoms with Crippen LogP contribution in [0.3, 0.4) is 0 Å². The van der Waals surface area contributed by atoms with E-state index in [9.17, 15) is 4.79 Å². The second kappa shape index (κ2) is 9.25. The molecule has 9 nitrogen and oxygen atoms in total. The van der Waals surface area contributed by atoms with Crippen LogP contribution in [0.25, 0.3) is 5.82 Å². The quantitative estimate of drug-likeness (QED) is 0.673. The molecule has 1 aromatic carbocycles. The van der Waals surface area contributed by atoms with Gasteiger partial charge >= 0.3 is 6.03 Å². The first-order valence-electron chi connectivity index (χ1n) is 10.0. The lowest BCUT2D eigenvalue weighted by atomic mass is 10.1. The van der Waals surface area contributed by atoms with Crippen molar-refractivity contribution in [2.45, 2.75) is 25.9 Å². The number of ether oxygens (including phenoxy) is 2. The van der Waals surface area contributed by atoms with Crippen LogP contribution in [-0.2, 0) is 0 Å². The van der Waals surface area contributed by atoms with Gasteiger partial charge < -0.3 is 19.7 Å². The summed E-state index contributed by atoms with van der Waals surface area (Å²) in [7, 11) is 0. The van der Waals surface area contributed by atoms with Crippen LogP contribution in [0.2, 0.25) is 0 Å². The lowest BCUT2D eigenvalue weighted by molar-refractivity contribution is 0.110. The molecule has 9 heteroatoms. The zero-order chi connectivity index (χ0) is 20.8. The van der Waals surface area contributed by atoms with E-state index in [0.29, 0.717) is 31.4 Å². The number of nitrogens with one attached hydrogen (secondary N) is 1. The average molecular weight is 408 g/mol. The van der Waals surface area contributed by atoms with E-state index in [0.717, 1.165) is 24.3 Å². The predicted octanol–water partition coefficient (Wildman–Crippen LogP) is 3.14. The summed E-state index contributed by atoms with van der Waals surface area (Å²) in [5, 5.41) is 15.3. The van der Waals surface area contributed by atoms with Crippen LogP contribution < -0.4 is 14.8 Å². The highest BCUT2D eigenvalue weighted by atomic mass is 16.5. The molecule has 2 aromatic heterocycles. The molecule has 4 rings (SSSR count). The Kier molecular flexibility index (Phi) is 6.07. The first kappa shape index (κ1) is 19.7. The highest BCUT2D eigenvalue weighted by Crippen LogP contribution is 2.20. The van der Waals surface area contributed by atoms with Crippen molar-refractivity contribution in [2.75, 3.05) is 25.0 Å². The van der Waals surface area contributed by atoms with Gasteiger partial charge in [-0.1, -0.05) is 0 Å². The van der Waals surface area contributed by atoms with Crippen molar-refractivity contribution >= 4 is 11.7 Å². The van der Waals surface area contributed by atoms with Crippen LogP contribution in [0.4, 0.5) is 10.5 Å². The third kappa shape index (κ3) is 4.86. The van der Waals surface area contributed by atoms with Crippen LogP contribution in [-0.4, -0.2) is 56.7 Å². The van der Waals surface area contributed by atoms with Gasteiger partial charge in [-0.15, -0.1) is 10.2 Å². The number of carbonyl (C=O) groups excluding carboxylic acids is 1. The molecule has 2 amide bonds. The number of piperidine rings is 1. The average Bonchev–Trinajstić information content (AvgIpc) is 3.31. The molecule has 0 unspecified atom stereocenters. The molecule has 0 radical (unpaired) electrons. The Bertz CT molecular complexity index is 936. The molecule has 156 valence electrons. The van der Waals surface area contributed by atoms with Gasteiger partial charge in [-0.3, -0.25) is 0 Å². The smallest absolute Gasteiger partial charge is 0.321 e. The van der Waals surface area contributed by atoms with Gasteiger partial charge in [-0.25, -0.2) is 9.48 Å². The number of likely N-dealkylation sites (tertiary alicyclic amines) is 1. The van der Waals surface area contributed by atoms with Gasteiger partial charge in [0, 0.05) is 50.1 Å². The minimum Gasteiger partial charge on any atom is -0.494 e. The lowest BCUT2D eigenvalue weighted by Gasteiger charge is -2.31. The molecule has 1 N–H and O–H groups in total. The number of benzene rings is 1. The number of hydrogen-bond acceptors (Lipinski definition) is 6. The van der Waals surface area contributed by atoms with E-state index in [1.807, 2.05) is 43.3 Å². The number of nitrogens with zero attached hydrogens (tertiary/aromatic N) is 5. The topological polar surface area (TPSA) is 94.4 Å². The molecule has 1 saturated heterocycles. The fourth-order valence-electron chi connectivity index (χ4n) is 3.25. The summed E-state index contributed by atoms with van der Waals surface area (Å²) in [4.78, 5) is 14.3. The van der Waals surface area contributed by atoms with Gasteiger partial charge in [0.25, 0.3) is 0 Å². The summed E-state index contributed by atoms with van der Waals surface area (Å²) in [5.74, 6) is 1.89. The number of rotatable bonds is 6. The Morgan fingerprint density at radius 1 is 1.13 bits per heavy atom. The monoisotopic (exact) mass is 408 g/mol. The Labute approximate surface area is 174 Å². The number of carbonyl (C=O) groups is 1. The first-order chi connectivity index (χ1) is 14.7. The molecule has 0 spiro atoms. The molecule has 30 heavy (non-hydrogen) atoms. The maximum absolute atomic E-state index is 12.5. The fraction of sp³-hybridized carbons (Fsp3) is 0.333. The van der Waals surface area contributed by atoms with Crippen molar-refractivity contribution in [1.29, 1.82) is 0 Å². The number of anilines is 1. The summed E-state index contributed by atoms with van der Waals surface area (Å²) in [6, 6.07) is 12.7. The van der Waals surface area contributed by atoms with Crippen molar-refractivity contribution in [1.82, 2.24) is 24.9 Å². The molecule has 0 atom stereocenters. The highest BCUT2D eigenvalue weighted by molar-refractivity contribution is 5.89. The van der Waals surface area contributed by atoms with Gasteiger partial charge in [0.2, 0.25) is 5.88 Å². The summed E-state index contributed by atoms with van der Waals surface area (Å²) in [6.45, 7) is 3.79. The molecule has 0 bridgehead atoms. The molecular formula is C21H24N6O3. The number of hydrogen-bond donors (Lipinski definition) is 1. The van der Waals surface area contributed by atoms with Crippen LogP contribution in [0.1, 0.15) is 19.8 Å². The van der Waals surface area contributed by atoms with Crippen molar-refractivity contribution in [3.05, 3.63) is 54.9 Å². The van der Waals surface area contributed by atoms with Crippen molar-refractivity contribution < 1.29 is 14.3 Å². The third-order valence-corrected chi connectivity index (χ3v) is 4.80. The summed E-state index contributed by atoms with van der Waals surface area (Å²) in [5.41, 5.74) is 0.745. The Balaban J connectivity index is 1.24. The Morgan fingerprint density at radius 2 is 1.93 bits per heavy atom. The molecule has 3 heterocycles. The number of amides is 2. The Morgan fingerprint density at radius 3 is 2.57 bits per heavy atom. The normalized spacial score (nSPS) is 14.4. The van der Waals surface area contributed by atoms with E-state index in [-0.39, 0.29) is 12.1 Å². The maximum Gasteiger partial charge on any atom is 0.321 e. The van der Waals surface area contributed by atoms with Crippen molar-refractivity contribution in [3.63, 3.8) is 0 Å². The summed E-state index contributed by atoms with van der Waals surface area (Å²) < 4.78 is 13.0. The van der Waals surface area contributed by atoms with Gasteiger partial charge in [-0.2, -0.15) is 5.10 Å². The number of aromatic nitrogens is 4. The van der Waals surface area contributed by atoms with E-state index in [2.05, 4.69) is 20.6 Å². The highest BCUT2D eigenvalue weighted by Gasteiger charge is 2.24. The predicted molar refractivity (Wildman–Crippen MR) is 111 cm³/mol. The standard InChI is InChI=1S/C21H24N6O3/c1-2-29-17-6-4-16(5-7-17)23-21(28)26-14-10-18(11-15-26)30-20-9-8-19(24-25-20)27-13-3-12-22-27/h3-9,12-13,18H,2,10-11,14-15H2,1H3,(H,23,28). The fourth-order valence-corrected chi connectivity index (χ4v) is 3.25. The van der Waals surface area contributed by atoms with Gasteiger partial charge in [0.05, 0.1) is 6.61 Å². The molecule has 1 aliphatic heterocycles. The van der Waals surface area contributed by atoms with Gasteiger partial charge in [0.15, 0.2) is 5.82 Å². The summed E-state index contributed by atoms with van der Waals surface area (Å²) in [6.07, 6.45) is 4.97. The summed E-state index contributed by atoms with van der Waals surface area (Å²) >= 11 is 0. The third-order valence-electron chi connectivity index (χ3n) is 4.80. The van der Waals surface area contributed by atoms with Crippen molar-refractivity contribution in [3.8, 4) is 17.4 Å². The van der Waals surface area contributed by atoms with Crippen LogP contribution in [0, 0.1) is 0 Å². The molecule has 0 saturated carbocycles. The largest absolute Gasteiger partial charge is 0.494 e. The Hall–Kier alpha value is -3.62. The van der Waals surface area contributed by atoms with Crippen molar-refractivity contribution in [2.24, 2.45) is 0 Å². The van der Waals surface area contributed by atoms with E-state index in [1.165, 1.54) is 0 Å². The van der Waals surface area contributed by atoms with Crippen LogP contribution in [0.15, 0.2) is 54.9 Å². The zero-order valence-corrected chi connectivity index (χ0v) is 16.8. The molecule has 1 aliphatic rings.